The number of anilines is 1. The Balaban J connectivity index is 1.74. The maximum atomic E-state index is 12.0. The van der Waals surface area contributed by atoms with Crippen molar-refractivity contribution in [1.82, 2.24) is 15.0 Å². The van der Waals surface area contributed by atoms with Gasteiger partial charge in [0.25, 0.3) is 0 Å². The highest BCUT2D eigenvalue weighted by molar-refractivity contribution is 5.91. The fourth-order valence-electron chi connectivity index (χ4n) is 2.53. The van der Waals surface area contributed by atoms with Crippen LogP contribution in [0.1, 0.15) is 19.6 Å². The number of aromatic nitrogens is 1. The quantitative estimate of drug-likeness (QED) is 0.762. The minimum atomic E-state index is -0.246. The Morgan fingerprint density at radius 1 is 1.39 bits per heavy atom. The molecule has 0 spiro atoms. The molecular formula is C15H24N4O4. The van der Waals surface area contributed by atoms with E-state index >= 15 is 0 Å². The van der Waals surface area contributed by atoms with Gasteiger partial charge in [0.05, 0.1) is 13.2 Å². The van der Waals surface area contributed by atoms with Crippen LogP contribution in [0.4, 0.5) is 5.82 Å². The van der Waals surface area contributed by atoms with Crippen LogP contribution in [0.15, 0.2) is 10.6 Å². The number of aryl methyl sites for hydroxylation is 1. The smallest absolute Gasteiger partial charge is 0.323 e. The number of rotatable bonds is 6. The molecule has 1 saturated heterocycles. The van der Waals surface area contributed by atoms with E-state index in [1.807, 2.05) is 6.92 Å². The molecule has 0 aliphatic carbocycles. The van der Waals surface area contributed by atoms with E-state index in [9.17, 15) is 9.59 Å². The molecule has 2 rings (SSSR count). The summed E-state index contributed by atoms with van der Waals surface area (Å²) in [7, 11) is 0. The Kier molecular flexibility index (Phi) is 6.12. The van der Waals surface area contributed by atoms with Gasteiger partial charge in [0, 0.05) is 32.2 Å². The number of piperazine rings is 1. The number of carbonyl (C=O) groups is 2. The number of hydrogen-bond acceptors (Lipinski definition) is 7. The van der Waals surface area contributed by atoms with Crippen molar-refractivity contribution in [3.05, 3.63) is 11.8 Å². The Hall–Kier alpha value is -1.93. The van der Waals surface area contributed by atoms with E-state index in [-0.39, 0.29) is 17.9 Å². The average Bonchev–Trinajstić information content (AvgIpc) is 2.92. The van der Waals surface area contributed by atoms with E-state index < -0.39 is 0 Å². The highest BCUT2D eigenvalue weighted by Crippen LogP contribution is 2.09. The Morgan fingerprint density at radius 2 is 2.09 bits per heavy atom. The average molecular weight is 324 g/mol. The summed E-state index contributed by atoms with van der Waals surface area (Å²) in [6.45, 7) is 9.05. The fourth-order valence-corrected chi connectivity index (χ4v) is 2.53. The number of nitrogens with one attached hydrogen (secondary N) is 1. The van der Waals surface area contributed by atoms with E-state index in [0.717, 1.165) is 26.2 Å². The summed E-state index contributed by atoms with van der Waals surface area (Å²) < 4.78 is 9.95. The SMILES string of the molecule is CCOC(=O)[C@H](C)N1CCN(CC(=O)Nc2cc(C)on2)CC1. The molecule has 128 valence electrons. The predicted molar refractivity (Wildman–Crippen MR) is 84.0 cm³/mol. The van der Waals surface area contributed by atoms with E-state index in [1.165, 1.54) is 0 Å². The van der Waals surface area contributed by atoms with Gasteiger partial charge in [-0.25, -0.2) is 0 Å². The molecule has 0 radical (unpaired) electrons. The zero-order valence-corrected chi connectivity index (χ0v) is 13.9. The molecule has 1 aliphatic heterocycles. The van der Waals surface area contributed by atoms with Crippen LogP contribution in [0.25, 0.3) is 0 Å². The maximum Gasteiger partial charge on any atom is 0.323 e. The van der Waals surface area contributed by atoms with Crippen molar-refractivity contribution in [2.75, 3.05) is 44.6 Å². The lowest BCUT2D eigenvalue weighted by atomic mass is 10.2. The summed E-state index contributed by atoms with van der Waals surface area (Å²) in [5, 5.41) is 6.44. The van der Waals surface area contributed by atoms with Crippen molar-refractivity contribution in [1.29, 1.82) is 0 Å². The van der Waals surface area contributed by atoms with Gasteiger partial charge in [-0.05, 0) is 20.8 Å². The molecule has 0 saturated carbocycles. The van der Waals surface area contributed by atoms with Crippen LogP contribution in [-0.4, -0.2) is 72.2 Å². The summed E-state index contributed by atoms with van der Waals surface area (Å²) in [5.41, 5.74) is 0. The van der Waals surface area contributed by atoms with Crippen LogP contribution in [-0.2, 0) is 14.3 Å². The molecule has 1 aromatic rings. The standard InChI is InChI=1S/C15H24N4O4/c1-4-22-15(21)12(3)19-7-5-18(6-8-19)10-14(20)16-13-9-11(2)23-17-13/h9,12H,4-8,10H2,1-3H3,(H,16,17,20)/t12-/m0/s1. The summed E-state index contributed by atoms with van der Waals surface area (Å²) >= 11 is 0. The second kappa shape index (κ2) is 8.07. The second-order valence-corrected chi connectivity index (χ2v) is 5.61. The first-order chi connectivity index (χ1) is 11.0. The number of ether oxygens (including phenoxy) is 1. The van der Waals surface area contributed by atoms with E-state index in [1.54, 1.807) is 19.9 Å². The molecule has 1 atom stereocenters. The molecular weight excluding hydrogens is 300 g/mol. The first kappa shape index (κ1) is 17.4. The van der Waals surface area contributed by atoms with Gasteiger partial charge >= 0.3 is 5.97 Å². The van der Waals surface area contributed by atoms with Gasteiger partial charge in [-0.3, -0.25) is 19.4 Å². The first-order valence-corrected chi connectivity index (χ1v) is 7.85. The van der Waals surface area contributed by atoms with E-state index in [2.05, 4.69) is 20.3 Å². The van der Waals surface area contributed by atoms with Gasteiger partial charge < -0.3 is 14.6 Å². The van der Waals surface area contributed by atoms with Crippen LogP contribution < -0.4 is 5.32 Å². The van der Waals surface area contributed by atoms with Crippen molar-refractivity contribution in [3.63, 3.8) is 0 Å². The van der Waals surface area contributed by atoms with Crippen LogP contribution >= 0.6 is 0 Å². The van der Waals surface area contributed by atoms with Crippen molar-refractivity contribution >= 4 is 17.7 Å². The summed E-state index contributed by atoms with van der Waals surface area (Å²) in [4.78, 5) is 27.9. The fraction of sp³-hybridized carbons (Fsp3) is 0.667. The summed E-state index contributed by atoms with van der Waals surface area (Å²) in [5.74, 6) is 0.772. The lowest BCUT2D eigenvalue weighted by Gasteiger charge is -2.36. The third kappa shape index (κ3) is 5.04. The van der Waals surface area contributed by atoms with Crippen LogP contribution in [0, 0.1) is 6.92 Å². The first-order valence-electron chi connectivity index (χ1n) is 7.85. The summed E-state index contributed by atoms with van der Waals surface area (Å²) in [6, 6.07) is 1.43. The zero-order valence-electron chi connectivity index (χ0n) is 13.9. The highest BCUT2D eigenvalue weighted by atomic mass is 16.5. The minimum Gasteiger partial charge on any atom is -0.465 e. The molecule has 0 unspecified atom stereocenters. The lowest BCUT2D eigenvalue weighted by molar-refractivity contribution is -0.149. The van der Waals surface area contributed by atoms with Gasteiger partial charge in [0.1, 0.15) is 11.8 Å². The molecule has 8 heteroatoms. The lowest BCUT2D eigenvalue weighted by Crippen LogP contribution is -2.53. The Bertz CT molecular complexity index is 537. The number of esters is 1. The molecule has 1 amide bonds. The molecule has 8 nitrogen and oxygen atoms in total. The number of carbonyl (C=O) groups excluding carboxylic acids is 2. The molecule has 0 aromatic carbocycles. The third-order valence-corrected chi connectivity index (χ3v) is 3.84. The predicted octanol–water partition coefficient (Wildman–Crippen LogP) is 0.491. The number of nitrogens with zero attached hydrogens (tertiary/aromatic N) is 3. The second-order valence-electron chi connectivity index (χ2n) is 5.61. The molecule has 1 N–H and O–H groups in total. The Morgan fingerprint density at radius 3 is 2.65 bits per heavy atom. The molecule has 1 aromatic heterocycles. The zero-order chi connectivity index (χ0) is 16.8. The van der Waals surface area contributed by atoms with Crippen LogP contribution in [0.2, 0.25) is 0 Å². The molecule has 0 bridgehead atoms. The number of amides is 1. The van der Waals surface area contributed by atoms with Crippen molar-refractivity contribution < 1.29 is 18.8 Å². The highest BCUT2D eigenvalue weighted by Gasteiger charge is 2.27. The van der Waals surface area contributed by atoms with E-state index in [4.69, 9.17) is 9.26 Å². The molecule has 2 heterocycles. The largest absolute Gasteiger partial charge is 0.465 e. The maximum absolute atomic E-state index is 12.0. The van der Waals surface area contributed by atoms with Gasteiger partial charge in [-0.2, -0.15) is 0 Å². The normalized spacial score (nSPS) is 17.7. The van der Waals surface area contributed by atoms with Gasteiger partial charge in [0.15, 0.2) is 5.82 Å². The van der Waals surface area contributed by atoms with Crippen molar-refractivity contribution in [2.24, 2.45) is 0 Å². The van der Waals surface area contributed by atoms with Crippen LogP contribution in [0.3, 0.4) is 0 Å². The van der Waals surface area contributed by atoms with Gasteiger partial charge in [-0.1, -0.05) is 5.16 Å². The molecule has 23 heavy (non-hydrogen) atoms. The number of hydrogen-bond donors (Lipinski definition) is 1. The Labute approximate surface area is 135 Å². The van der Waals surface area contributed by atoms with Crippen LogP contribution in [0.5, 0.6) is 0 Å². The summed E-state index contributed by atoms with van der Waals surface area (Å²) in [6.07, 6.45) is 0. The molecule has 1 fully saturated rings. The van der Waals surface area contributed by atoms with Gasteiger partial charge in [0.2, 0.25) is 5.91 Å². The molecule has 1 aliphatic rings. The third-order valence-electron chi connectivity index (χ3n) is 3.84. The topological polar surface area (TPSA) is 87.9 Å². The van der Waals surface area contributed by atoms with Crippen molar-refractivity contribution in [3.8, 4) is 0 Å². The monoisotopic (exact) mass is 324 g/mol. The minimum absolute atomic E-state index is 0.120. The van der Waals surface area contributed by atoms with Crippen molar-refractivity contribution in [2.45, 2.75) is 26.8 Å². The van der Waals surface area contributed by atoms with Gasteiger partial charge in [-0.15, -0.1) is 0 Å². The van der Waals surface area contributed by atoms with E-state index in [0.29, 0.717) is 24.7 Å².